The molecule has 0 saturated heterocycles. The monoisotopic (exact) mass is 410 g/mol. The van der Waals surface area contributed by atoms with Gasteiger partial charge in [0.2, 0.25) is 11.8 Å². The number of rotatable bonds is 10. The van der Waals surface area contributed by atoms with Gasteiger partial charge >= 0.3 is 0 Å². The maximum Gasteiger partial charge on any atom is 0.242 e. The number of ether oxygens (including phenoxy) is 1. The lowest BCUT2D eigenvalue weighted by atomic mass is 10.00. The van der Waals surface area contributed by atoms with Crippen LogP contribution in [0, 0.1) is 0 Å². The molecule has 2 rings (SSSR count). The van der Waals surface area contributed by atoms with Crippen LogP contribution in [0.3, 0.4) is 0 Å². The summed E-state index contributed by atoms with van der Waals surface area (Å²) in [5.74, 6) is 1.05. The van der Waals surface area contributed by atoms with Gasteiger partial charge in [-0.1, -0.05) is 57.2 Å². The minimum absolute atomic E-state index is 0.0267. The molecule has 5 heteroatoms. The molecule has 0 aliphatic rings. The number of benzene rings is 2. The molecule has 162 valence electrons. The summed E-state index contributed by atoms with van der Waals surface area (Å²) in [5, 5.41) is 2.69. The molecule has 2 amide bonds. The average molecular weight is 411 g/mol. The van der Waals surface area contributed by atoms with Crippen LogP contribution in [0.25, 0.3) is 0 Å². The second-order valence-electron chi connectivity index (χ2n) is 7.81. The highest BCUT2D eigenvalue weighted by Crippen LogP contribution is 2.19. The molecule has 2 aromatic rings. The third-order valence-electron chi connectivity index (χ3n) is 5.39. The van der Waals surface area contributed by atoms with E-state index in [-0.39, 0.29) is 11.8 Å². The van der Waals surface area contributed by atoms with E-state index in [0.29, 0.717) is 31.7 Å². The van der Waals surface area contributed by atoms with Gasteiger partial charge in [0.15, 0.2) is 0 Å². The van der Waals surface area contributed by atoms with Gasteiger partial charge in [-0.15, -0.1) is 0 Å². The summed E-state index contributed by atoms with van der Waals surface area (Å²) in [6.45, 7) is 6.63. The van der Waals surface area contributed by atoms with Crippen LogP contribution in [0.15, 0.2) is 48.5 Å². The molecule has 1 atom stereocenters. The second kappa shape index (κ2) is 11.4. The van der Waals surface area contributed by atoms with Gasteiger partial charge in [0, 0.05) is 20.0 Å². The summed E-state index contributed by atoms with van der Waals surface area (Å²) in [7, 11) is 3.22. The van der Waals surface area contributed by atoms with Crippen LogP contribution in [0.5, 0.6) is 5.75 Å². The Morgan fingerprint density at radius 3 is 2.33 bits per heavy atom. The Kier molecular flexibility index (Phi) is 8.90. The fourth-order valence-electron chi connectivity index (χ4n) is 3.52. The number of amides is 2. The Labute approximate surface area is 180 Å². The van der Waals surface area contributed by atoms with Gasteiger partial charge in [-0.3, -0.25) is 9.59 Å². The van der Waals surface area contributed by atoms with Crippen molar-refractivity contribution in [3.8, 4) is 5.75 Å². The topological polar surface area (TPSA) is 58.6 Å². The first kappa shape index (κ1) is 23.5. The fraction of sp³-hybridized carbons (Fsp3) is 0.440. The lowest BCUT2D eigenvalue weighted by Gasteiger charge is -2.30. The SMILES string of the molecule is CCC(C(=O)NC)N(Cc1cccc(OC)c1)C(=O)CCc1ccc(C(C)C)cc1. The van der Waals surface area contributed by atoms with E-state index in [1.165, 1.54) is 5.56 Å². The maximum atomic E-state index is 13.2. The molecule has 0 saturated carbocycles. The Bertz CT molecular complexity index is 831. The Morgan fingerprint density at radius 1 is 1.07 bits per heavy atom. The van der Waals surface area contributed by atoms with Crippen LogP contribution in [0.4, 0.5) is 0 Å². The third kappa shape index (κ3) is 6.34. The van der Waals surface area contributed by atoms with Crippen molar-refractivity contribution in [2.45, 2.75) is 58.5 Å². The molecule has 1 N–H and O–H groups in total. The molecule has 5 nitrogen and oxygen atoms in total. The molecule has 1 unspecified atom stereocenters. The number of nitrogens with zero attached hydrogens (tertiary/aromatic N) is 1. The lowest BCUT2D eigenvalue weighted by molar-refractivity contribution is -0.141. The molecule has 30 heavy (non-hydrogen) atoms. The van der Waals surface area contributed by atoms with E-state index in [9.17, 15) is 9.59 Å². The van der Waals surface area contributed by atoms with Crippen molar-refractivity contribution in [2.24, 2.45) is 0 Å². The van der Waals surface area contributed by atoms with Crippen molar-refractivity contribution in [1.29, 1.82) is 0 Å². The minimum atomic E-state index is -0.503. The predicted octanol–water partition coefficient (Wildman–Crippen LogP) is 4.30. The highest BCUT2D eigenvalue weighted by Gasteiger charge is 2.27. The molecule has 0 heterocycles. The number of likely N-dealkylation sites (N-methyl/N-ethyl adjacent to an activating group) is 1. The molecule has 0 bridgehead atoms. The van der Waals surface area contributed by atoms with Crippen molar-refractivity contribution in [3.63, 3.8) is 0 Å². The van der Waals surface area contributed by atoms with Crippen LogP contribution >= 0.6 is 0 Å². The Balaban J connectivity index is 2.17. The second-order valence-corrected chi connectivity index (χ2v) is 7.81. The molecular weight excluding hydrogens is 376 g/mol. The number of nitrogens with one attached hydrogen (secondary N) is 1. The molecule has 0 aliphatic heterocycles. The largest absolute Gasteiger partial charge is 0.497 e. The number of carbonyl (C=O) groups excluding carboxylic acids is 2. The average Bonchev–Trinajstić information content (AvgIpc) is 2.77. The van der Waals surface area contributed by atoms with Gasteiger partial charge in [-0.05, 0) is 47.6 Å². The molecule has 0 aromatic heterocycles. The first-order valence-electron chi connectivity index (χ1n) is 10.6. The summed E-state index contributed by atoms with van der Waals surface area (Å²) in [6, 6.07) is 15.5. The summed E-state index contributed by atoms with van der Waals surface area (Å²) < 4.78 is 5.30. The smallest absolute Gasteiger partial charge is 0.242 e. The van der Waals surface area contributed by atoms with Crippen LogP contribution in [0.2, 0.25) is 0 Å². The zero-order chi connectivity index (χ0) is 22.1. The number of carbonyl (C=O) groups is 2. The van der Waals surface area contributed by atoms with Crippen molar-refractivity contribution in [1.82, 2.24) is 10.2 Å². The third-order valence-corrected chi connectivity index (χ3v) is 5.39. The van der Waals surface area contributed by atoms with E-state index in [1.807, 2.05) is 31.2 Å². The predicted molar refractivity (Wildman–Crippen MR) is 121 cm³/mol. The van der Waals surface area contributed by atoms with E-state index in [0.717, 1.165) is 16.9 Å². The van der Waals surface area contributed by atoms with Crippen LogP contribution in [-0.2, 0) is 22.6 Å². The van der Waals surface area contributed by atoms with Gasteiger partial charge in [0.1, 0.15) is 11.8 Å². The summed E-state index contributed by atoms with van der Waals surface area (Å²) >= 11 is 0. The molecule has 0 radical (unpaired) electrons. The Morgan fingerprint density at radius 2 is 1.77 bits per heavy atom. The lowest BCUT2D eigenvalue weighted by Crippen LogP contribution is -2.48. The standard InChI is InChI=1S/C25H34N2O3/c1-6-23(25(29)26-4)27(17-20-8-7-9-22(16-20)30-5)24(28)15-12-19-10-13-21(14-11-19)18(2)3/h7-11,13-14,16,18,23H,6,12,15,17H2,1-5H3,(H,26,29). The Hall–Kier alpha value is -2.82. The van der Waals surface area contributed by atoms with Crippen LogP contribution in [-0.4, -0.2) is 36.9 Å². The summed E-state index contributed by atoms with van der Waals surface area (Å²) in [6.07, 6.45) is 1.56. The van der Waals surface area contributed by atoms with Crippen LogP contribution < -0.4 is 10.1 Å². The van der Waals surface area contributed by atoms with E-state index >= 15 is 0 Å². The maximum absolute atomic E-state index is 13.2. The highest BCUT2D eigenvalue weighted by molar-refractivity contribution is 5.87. The highest BCUT2D eigenvalue weighted by atomic mass is 16.5. The summed E-state index contributed by atoms with van der Waals surface area (Å²) in [5.41, 5.74) is 3.35. The number of hydrogen-bond donors (Lipinski definition) is 1. The number of methoxy groups -OCH3 is 1. The van der Waals surface area contributed by atoms with Gasteiger partial charge in [0.25, 0.3) is 0 Å². The normalized spacial score (nSPS) is 11.8. The van der Waals surface area contributed by atoms with Crippen molar-refractivity contribution < 1.29 is 14.3 Å². The van der Waals surface area contributed by atoms with Gasteiger partial charge in [-0.25, -0.2) is 0 Å². The first-order chi connectivity index (χ1) is 14.4. The zero-order valence-corrected chi connectivity index (χ0v) is 18.8. The first-order valence-corrected chi connectivity index (χ1v) is 10.6. The van der Waals surface area contributed by atoms with Crippen molar-refractivity contribution in [3.05, 3.63) is 65.2 Å². The molecule has 0 spiro atoms. The molecule has 2 aromatic carbocycles. The zero-order valence-electron chi connectivity index (χ0n) is 18.8. The number of hydrogen-bond acceptors (Lipinski definition) is 3. The van der Waals surface area contributed by atoms with Gasteiger partial charge < -0.3 is 15.0 Å². The summed E-state index contributed by atoms with van der Waals surface area (Å²) in [4.78, 5) is 27.3. The molecular formula is C25H34N2O3. The van der Waals surface area contributed by atoms with E-state index < -0.39 is 6.04 Å². The van der Waals surface area contributed by atoms with Crippen molar-refractivity contribution >= 4 is 11.8 Å². The van der Waals surface area contributed by atoms with Crippen LogP contribution in [0.1, 0.15) is 56.2 Å². The minimum Gasteiger partial charge on any atom is -0.497 e. The quantitative estimate of drug-likeness (QED) is 0.635. The fourth-order valence-corrected chi connectivity index (χ4v) is 3.52. The van der Waals surface area contributed by atoms with E-state index in [4.69, 9.17) is 4.74 Å². The van der Waals surface area contributed by atoms with E-state index in [1.54, 1.807) is 19.1 Å². The van der Waals surface area contributed by atoms with Crippen molar-refractivity contribution in [2.75, 3.05) is 14.2 Å². The molecule has 0 fully saturated rings. The number of aryl methyl sites for hydroxylation is 1. The van der Waals surface area contributed by atoms with E-state index in [2.05, 4.69) is 43.4 Å². The van der Waals surface area contributed by atoms with Gasteiger partial charge in [0.05, 0.1) is 7.11 Å². The molecule has 0 aliphatic carbocycles. The van der Waals surface area contributed by atoms with Gasteiger partial charge in [-0.2, -0.15) is 0 Å².